The summed E-state index contributed by atoms with van der Waals surface area (Å²) in [4.78, 5) is 11.1. The third kappa shape index (κ3) is 2.15. The summed E-state index contributed by atoms with van der Waals surface area (Å²) in [6, 6.07) is 3.48. The summed E-state index contributed by atoms with van der Waals surface area (Å²) in [7, 11) is 0. The lowest BCUT2D eigenvalue weighted by molar-refractivity contribution is 0.0695. The molecule has 6 heteroatoms. The summed E-state index contributed by atoms with van der Waals surface area (Å²) >= 11 is 0. The Morgan fingerprint density at radius 3 is 2.94 bits per heavy atom. The molecular weight excluding hydrogens is 220 g/mol. The fourth-order valence-corrected chi connectivity index (χ4v) is 1.63. The van der Waals surface area contributed by atoms with Crippen LogP contribution in [0.4, 0.5) is 0 Å². The van der Waals surface area contributed by atoms with Crippen molar-refractivity contribution in [3.63, 3.8) is 0 Å². The Morgan fingerprint density at radius 1 is 1.53 bits per heavy atom. The van der Waals surface area contributed by atoms with E-state index in [2.05, 4.69) is 15.3 Å². The van der Waals surface area contributed by atoms with Crippen LogP contribution >= 0.6 is 0 Å². The standard InChI is InChI=1S/C11H12N4O2/c1-2-4-9-8(11(16)17)7-13-15(9)10-5-3-6-12-14-10/h3,5-7H,2,4H2,1H3,(H,16,17). The van der Waals surface area contributed by atoms with E-state index in [-0.39, 0.29) is 5.56 Å². The number of carbonyl (C=O) groups is 1. The number of hydrogen-bond donors (Lipinski definition) is 1. The van der Waals surface area contributed by atoms with E-state index >= 15 is 0 Å². The molecule has 1 N–H and O–H groups in total. The molecule has 0 unspecified atom stereocenters. The smallest absolute Gasteiger partial charge is 0.339 e. The second-order valence-corrected chi connectivity index (χ2v) is 3.55. The molecule has 2 rings (SSSR count). The molecule has 0 spiro atoms. The maximum Gasteiger partial charge on any atom is 0.339 e. The van der Waals surface area contributed by atoms with Gasteiger partial charge in [0.2, 0.25) is 0 Å². The zero-order chi connectivity index (χ0) is 12.3. The molecule has 0 saturated carbocycles. The minimum absolute atomic E-state index is 0.220. The second kappa shape index (κ2) is 4.73. The van der Waals surface area contributed by atoms with E-state index in [0.29, 0.717) is 17.9 Å². The average molecular weight is 232 g/mol. The van der Waals surface area contributed by atoms with Crippen molar-refractivity contribution >= 4 is 5.97 Å². The zero-order valence-electron chi connectivity index (χ0n) is 9.37. The largest absolute Gasteiger partial charge is 0.478 e. The van der Waals surface area contributed by atoms with E-state index in [1.54, 1.807) is 18.3 Å². The lowest BCUT2D eigenvalue weighted by atomic mass is 10.1. The van der Waals surface area contributed by atoms with Gasteiger partial charge in [-0.05, 0) is 18.6 Å². The van der Waals surface area contributed by atoms with Crippen molar-refractivity contribution in [3.05, 3.63) is 35.8 Å². The van der Waals surface area contributed by atoms with Crippen molar-refractivity contribution < 1.29 is 9.90 Å². The lowest BCUT2D eigenvalue weighted by Crippen LogP contribution is -2.08. The van der Waals surface area contributed by atoms with Crippen molar-refractivity contribution in [2.75, 3.05) is 0 Å². The SMILES string of the molecule is CCCc1c(C(=O)O)cnn1-c1cccnn1. The highest BCUT2D eigenvalue weighted by Gasteiger charge is 2.17. The first-order valence-corrected chi connectivity index (χ1v) is 5.32. The molecule has 0 saturated heterocycles. The van der Waals surface area contributed by atoms with Gasteiger partial charge in [0.15, 0.2) is 5.82 Å². The van der Waals surface area contributed by atoms with Gasteiger partial charge in [-0.3, -0.25) is 0 Å². The van der Waals surface area contributed by atoms with Gasteiger partial charge in [-0.25, -0.2) is 9.48 Å². The normalized spacial score (nSPS) is 10.4. The molecule has 6 nitrogen and oxygen atoms in total. The van der Waals surface area contributed by atoms with Gasteiger partial charge in [-0.15, -0.1) is 5.10 Å². The third-order valence-corrected chi connectivity index (χ3v) is 2.36. The Morgan fingerprint density at radius 2 is 2.35 bits per heavy atom. The molecule has 2 heterocycles. The highest BCUT2D eigenvalue weighted by molar-refractivity contribution is 5.88. The van der Waals surface area contributed by atoms with E-state index in [1.807, 2.05) is 6.92 Å². The van der Waals surface area contributed by atoms with Crippen molar-refractivity contribution in [2.24, 2.45) is 0 Å². The molecule has 17 heavy (non-hydrogen) atoms. The monoisotopic (exact) mass is 232 g/mol. The van der Waals surface area contributed by atoms with E-state index in [0.717, 1.165) is 6.42 Å². The first-order chi connectivity index (χ1) is 8.24. The van der Waals surface area contributed by atoms with Crippen LogP contribution < -0.4 is 0 Å². The number of carboxylic acid groups (broad SMARTS) is 1. The van der Waals surface area contributed by atoms with Gasteiger partial charge in [0, 0.05) is 6.20 Å². The molecule has 0 aliphatic carbocycles. The molecule has 0 amide bonds. The number of carboxylic acids is 1. The van der Waals surface area contributed by atoms with E-state index in [1.165, 1.54) is 10.9 Å². The van der Waals surface area contributed by atoms with Crippen LogP contribution in [0, 0.1) is 0 Å². The molecule has 0 atom stereocenters. The molecule has 0 aliphatic rings. The summed E-state index contributed by atoms with van der Waals surface area (Å²) in [5.41, 5.74) is 0.873. The number of hydrogen-bond acceptors (Lipinski definition) is 4. The summed E-state index contributed by atoms with van der Waals surface area (Å²) in [6.45, 7) is 1.99. The van der Waals surface area contributed by atoms with Gasteiger partial charge in [-0.1, -0.05) is 13.3 Å². The minimum Gasteiger partial charge on any atom is -0.478 e. The summed E-state index contributed by atoms with van der Waals surface area (Å²) in [6.07, 6.45) is 4.39. The summed E-state index contributed by atoms with van der Waals surface area (Å²) in [5, 5.41) is 20.8. The van der Waals surface area contributed by atoms with Crippen LogP contribution in [-0.4, -0.2) is 31.1 Å². The van der Waals surface area contributed by atoms with E-state index in [9.17, 15) is 4.79 Å². The number of aromatic carboxylic acids is 1. The van der Waals surface area contributed by atoms with Crippen LogP contribution in [0.25, 0.3) is 5.82 Å². The maximum absolute atomic E-state index is 11.1. The van der Waals surface area contributed by atoms with Crippen molar-refractivity contribution in [1.29, 1.82) is 0 Å². The topological polar surface area (TPSA) is 80.9 Å². The van der Waals surface area contributed by atoms with Crippen LogP contribution in [0.5, 0.6) is 0 Å². The van der Waals surface area contributed by atoms with E-state index in [4.69, 9.17) is 5.11 Å². The molecule has 2 aromatic heterocycles. The van der Waals surface area contributed by atoms with E-state index < -0.39 is 5.97 Å². The van der Waals surface area contributed by atoms with Crippen molar-refractivity contribution in [2.45, 2.75) is 19.8 Å². The number of rotatable bonds is 4. The fraction of sp³-hybridized carbons (Fsp3) is 0.273. The van der Waals surface area contributed by atoms with Crippen LogP contribution in [-0.2, 0) is 6.42 Å². The lowest BCUT2D eigenvalue weighted by Gasteiger charge is -2.05. The molecule has 0 radical (unpaired) electrons. The first kappa shape index (κ1) is 11.3. The molecule has 2 aromatic rings. The summed E-state index contributed by atoms with van der Waals surface area (Å²) in [5.74, 6) is -0.438. The Bertz CT molecular complexity index is 522. The van der Waals surface area contributed by atoms with Gasteiger partial charge in [0.25, 0.3) is 0 Å². The molecule has 0 aliphatic heterocycles. The van der Waals surface area contributed by atoms with Gasteiger partial charge in [-0.2, -0.15) is 10.2 Å². The van der Waals surface area contributed by atoms with Gasteiger partial charge in [0.1, 0.15) is 5.56 Å². The Kier molecular flexibility index (Phi) is 3.13. The Balaban J connectivity index is 2.51. The minimum atomic E-state index is -0.969. The fourth-order valence-electron chi connectivity index (χ4n) is 1.63. The van der Waals surface area contributed by atoms with Crippen LogP contribution in [0.2, 0.25) is 0 Å². The highest BCUT2D eigenvalue weighted by Crippen LogP contribution is 2.14. The third-order valence-electron chi connectivity index (χ3n) is 2.36. The average Bonchev–Trinajstić information content (AvgIpc) is 2.75. The van der Waals surface area contributed by atoms with Crippen LogP contribution in [0.1, 0.15) is 29.4 Å². The number of aromatic nitrogens is 4. The second-order valence-electron chi connectivity index (χ2n) is 3.55. The van der Waals surface area contributed by atoms with Crippen molar-refractivity contribution in [3.8, 4) is 5.82 Å². The zero-order valence-corrected chi connectivity index (χ0v) is 9.37. The van der Waals surface area contributed by atoms with Gasteiger partial charge in [0.05, 0.1) is 11.9 Å². The highest BCUT2D eigenvalue weighted by atomic mass is 16.4. The maximum atomic E-state index is 11.1. The molecular formula is C11H12N4O2. The molecule has 0 bridgehead atoms. The molecule has 88 valence electrons. The molecule has 0 fully saturated rings. The predicted molar refractivity (Wildman–Crippen MR) is 60.1 cm³/mol. The number of nitrogens with zero attached hydrogens (tertiary/aromatic N) is 4. The van der Waals surface area contributed by atoms with Crippen molar-refractivity contribution in [1.82, 2.24) is 20.0 Å². The molecule has 0 aromatic carbocycles. The predicted octanol–water partition coefficient (Wildman–Crippen LogP) is 1.31. The van der Waals surface area contributed by atoms with Crippen LogP contribution in [0.3, 0.4) is 0 Å². The first-order valence-electron chi connectivity index (χ1n) is 5.32. The quantitative estimate of drug-likeness (QED) is 0.859. The Hall–Kier alpha value is -2.24. The van der Waals surface area contributed by atoms with Gasteiger partial charge < -0.3 is 5.11 Å². The summed E-state index contributed by atoms with van der Waals surface area (Å²) < 4.78 is 1.53. The van der Waals surface area contributed by atoms with Gasteiger partial charge >= 0.3 is 5.97 Å². The van der Waals surface area contributed by atoms with Crippen LogP contribution in [0.15, 0.2) is 24.5 Å². The Labute approximate surface area is 97.9 Å².